The van der Waals surface area contributed by atoms with E-state index in [1.54, 1.807) is 6.20 Å². The zero-order valence-electron chi connectivity index (χ0n) is 6.66. The maximum atomic E-state index is 10.8. The lowest BCUT2D eigenvalue weighted by molar-refractivity contribution is 0.138. The number of rotatable bonds is 1. The van der Waals surface area contributed by atoms with Crippen LogP contribution in [0.2, 0.25) is 0 Å². The molecule has 0 saturated carbocycles. The molecule has 1 N–H and O–H groups in total. The van der Waals surface area contributed by atoms with E-state index in [1.165, 1.54) is 0 Å². The van der Waals surface area contributed by atoms with Crippen LogP contribution in [0.1, 0.15) is 11.8 Å². The Morgan fingerprint density at radius 1 is 1.69 bits per heavy atom. The molecule has 1 atom stereocenters. The third-order valence-electron chi connectivity index (χ3n) is 1.77. The van der Waals surface area contributed by atoms with Crippen LogP contribution in [0.15, 0.2) is 22.8 Å². The number of hydrogen-bond acceptors (Lipinski definition) is 3. The summed E-state index contributed by atoms with van der Waals surface area (Å²) in [5.41, 5.74) is 0.751. The highest BCUT2D eigenvalue weighted by molar-refractivity contribution is 9.10. The van der Waals surface area contributed by atoms with Crippen molar-refractivity contribution >= 4 is 22.0 Å². The Morgan fingerprint density at radius 2 is 2.54 bits per heavy atom. The van der Waals surface area contributed by atoms with Crippen LogP contribution in [-0.4, -0.2) is 17.6 Å². The monoisotopic (exact) mass is 242 g/mol. The SMILES string of the molecule is O=C1NCC(c2ncccc2Br)O1. The van der Waals surface area contributed by atoms with Gasteiger partial charge in [0.05, 0.1) is 12.2 Å². The molecule has 68 valence electrons. The molecule has 13 heavy (non-hydrogen) atoms. The first-order valence-electron chi connectivity index (χ1n) is 3.82. The van der Waals surface area contributed by atoms with Crippen LogP contribution in [0.4, 0.5) is 4.79 Å². The van der Waals surface area contributed by atoms with E-state index in [0.717, 1.165) is 10.2 Å². The van der Waals surface area contributed by atoms with Crippen LogP contribution in [0.3, 0.4) is 0 Å². The van der Waals surface area contributed by atoms with Crippen molar-refractivity contribution in [3.8, 4) is 0 Å². The molecule has 1 unspecified atom stereocenters. The molecule has 1 aliphatic rings. The van der Waals surface area contributed by atoms with Gasteiger partial charge in [-0.25, -0.2) is 4.79 Å². The van der Waals surface area contributed by atoms with Crippen molar-refractivity contribution in [2.45, 2.75) is 6.10 Å². The van der Waals surface area contributed by atoms with E-state index in [4.69, 9.17) is 4.74 Å². The van der Waals surface area contributed by atoms with Gasteiger partial charge in [0.2, 0.25) is 0 Å². The highest BCUT2D eigenvalue weighted by atomic mass is 79.9. The van der Waals surface area contributed by atoms with E-state index < -0.39 is 0 Å². The number of nitrogens with one attached hydrogen (secondary N) is 1. The summed E-state index contributed by atoms with van der Waals surface area (Å²) in [7, 11) is 0. The summed E-state index contributed by atoms with van der Waals surface area (Å²) in [5.74, 6) is 0. The average molecular weight is 243 g/mol. The van der Waals surface area contributed by atoms with Crippen molar-refractivity contribution in [3.63, 3.8) is 0 Å². The second-order valence-electron chi connectivity index (χ2n) is 2.65. The van der Waals surface area contributed by atoms with E-state index in [0.29, 0.717) is 6.54 Å². The van der Waals surface area contributed by atoms with E-state index in [9.17, 15) is 4.79 Å². The molecule has 0 spiro atoms. The minimum Gasteiger partial charge on any atom is -0.438 e. The van der Waals surface area contributed by atoms with E-state index in [2.05, 4.69) is 26.2 Å². The molecule has 0 aromatic carbocycles. The Bertz CT molecular complexity index is 343. The van der Waals surface area contributed by atoms with Gasteiger partial charge in [-0.15, -0.1) is 0 Å². The number of carbonyl (C=O) groups excluding carboxylic acids is 1. The van der Waals surface area contributed by atoms with Crippen LogP contribution in [0.5, 0.6) is 0 Å². The molecule has 1 fully saturated rings. The summed E-state index contributed by atoms with van der Waals surface area (Å²) in [6.45, 7) is 0.481. The van der Waals surface area contributed by atoms with Crippen molar-refractivity contribution in [2.24, 2.45) is 0 Å². The smallest absolute Gasteiger partial charge is 0.408 e. The summed E-state index contributed by atoms with van der Waals surface area (Å²) < 4.78 is 5.84. The van der Waals surface area contributed by atoms with Crippen molar-refractivity contribution in [1.29, 1.82) is 0 Å². The molecular formula is C8H7BrN2O2. The van der Waals surface area contributed by atoms with Gasteiger partial charge in [-0.05, 0) is 28.1 Å². The number of nitrogens with zero attached hydrogens (tertiary/aromatic N) is 1. The summed E-state index contributed by atoms with van der Waals surface area (Å²) in [6, 6.07) is 3.69. The van der Waals surface area contributed by atoms with Crippen molar-refractivity contribution in [3.05, 3.63) is 28.5 Å². The molecular weight excluding hydrogens is 236 g/mol. The fourth-order valence-corrected chi connectivity index (χ4v) is 1.69. The molecule has 0 bridgehead atoms. The Hall–Kier alpha value is -1.10. The number of cyclic esters (lactones) is 1. The second-order valence-corrected chi connectivity index (χ2v) is 3.50. The van der Waals surface area contributed by atoms with Gasteiger partial charge in [0.25, 0.3) is 0 Å². The Morgan fingerprint density at radius 3 is 3.15 bits per heavy atom. The minimum absolute atomic E-state index is 0.275. The molecule has 4 nitrogen and oxygen atoms in total. The molecule has 1 saturated heterocycles. The lowest BCUT2D eigenvalue weighted by atomic mass is 10.2. The normalized spacial score (nSPS) is 21.0. The molecule has 0 aliphatic carbocycles. The quantitative estimate of drug-likeness (QED) is 0.815. The lowest BCUT2D eigenvalue weighted by Gasteiger charge is -2.07. The van der Waals surface area contributed by atoms with E-state index >= 15 is 0 Å². The fourth-order valence-electron chi connectivity index (χ4n) is 1.18. The van der Waals surface area contributed by atoms with E-state index in [-0.39, 0.29) is 12.2 Å². The summed E-state index contributed by atoms with van der Waals surface area (Å²) >= 11 is 3.34. The van der Waals surface area contributed by atoms with Gasteiger partial charge >= 0.3 is 6.09 Å². The Labute approximate surface area is 83.4 Å². The van der Waals surface area contributed by atoms with Crippen LogP contribution in [0.25, 0.3) is 0 Å². The van der Waals surface area contributed by atoms with Crippen LogP contribution in [0, 0.1) is 0 Å². The zero-order valence-corrected chi connectivity index (χ0v) is 8.24. The number of halogens is 1. The standard InChI is InChI=1S/C8H7BrN2O2/c9-5-2-1-3-10-7(5)6-4-11-8(12)13-6/h1-3,6H,4H2,(H,11,12). The van der Waals surface area contributed by atoms with Crippen LogP contribution in [-0.2, 0) is 4.74 Å². The number of carbonyl (C=O) groups is 1. The number of pyridine rings is 1. The van der Waals surface area contributed by atoms with Crippen molar-refractivity contribution in [1.82, 2.24) is 10.3 Å². The predicted octanol–water partition coefficient (Wildman–Crippen LogP) is 1.62. The van der Waals surface area contributed by atoms with Gasteiger partial charge in [0.1, 0.15) is 0 Å². The van der Waals surface area contributed by atoms with Gasteiger partial charge in [-0.1, -0.05) is 0 Å². The molecule has 0 radical (unpaired) electrons. The third kappa shape index (κ3) is 1.65. The minimum atomic E-state index is -0.387. The highest BCUT2D eigenvalue weighted by Gasteiger charge is 2.26. The van der Waals surface area contributed by atoms with Gasteiger partial charge in [0, 0.05) is 10.7 Å². The topological polar surface area (TPSA) is 51.2 Å². The van der Waals surface area contributed by atoms with Gasteiger partial charge in [-0.3, -0.25) is 4.98 Å². The van der Waals surface area contributed by atoms with Gasteiger partial charge in [-0.2, -0.15) is 0 Å². The van der Waals surface area contributed by atoms with Crippen LogP contribution < -0.4 is 5.32 Å². The van der Waals surface area contributed by atoms with Crippen molar-refractivity contribution in [2.75, 3.05) is 6.54 Å². The number of ether oxygens (including phenoxy) is 1. The first kappa shape index (κ1) is 8.50. The third-order valence-corrected chi connectivity index (χ3v) is 2.44. The number of amides is 1. The molecule has 2 rings (SSSR count). The number of aromatic nitrogens is 1. The molecule has 1 aromatic rings. The lowest BCUT2D eigenvalue weighted by Crippen LogP contribution is -2.12. The molecule has 5 heteroatoms. The highest BCUT2D eigenvalue weighted by Crippen LogP contribution is 2.25. The molecule has 1 aliphatic heterocycles. The fraction of sp³-hybridized carbons (Fsp3) is 0.250. The summed E-state index contributed by atoms with van der Waals surface area (Å²) in [5, 5.41) is 2.57. The molecule has 1 aromatic heterocycles. The van der Waals surface area contributed by atoms with E-state index in [1.807, 2.05) is 12.1 Å². The average Bonchev–Trinajstić information content (AvgIpc) is 2.53. The molecule has 1 amide bonds. The first-order chi connectivity index (χ1) is 6.27. The van der Waals surface area contributed by atoms with Gasteiger partial charge < -0.3 is 10.1 Å². The first-order valence-corrected chi connectivity index (χ1v) is 4.61. The summed E-state index contributed by atoms with van der Waals surface area (Å²) in [4.78, 5) is 14.9. The second kappa shape index (κ2) is 3.33. The maximum absolute atomic E-state index is 10.8. The Balaban J connectivity index is 2.26. The largest absolute Gasteiger partial charge is 0.438 e. The predicted molar refractivity (Wildman–Crippen MR) is 49.2 cm³/mol. The van der Waals surface area contributed by atoms with Crippen LogP contribution >= 0.6 is 15.9 Å². The number of alkyl carbamates (subject to hydrolysis) is 1. The van der Waals surface area contributed by atoms with Crippen molar-refractivity contribution < 1.29 is 9.53 Å². The summed E-state index contributed by atoms with van der Waals surface area (Å²) in [6.07, 6.45) is 1.01. The molecule has 2 heterocycles. The Kier molecular flexibility index (Phi) is 2.18. The maximum Gasteiger partial charge on any atom is 0.408 e. The van der Waals surface area contributed by atoms with Gasteiger partial charge in [0.15, 0.2) is 6.10 Å². The zero-order chi connectivity index (χ0) is 9.26. The number of hydrogen-bond donors (Lipinski definition) is 1.